The van der Waals surface area contributed by atoms with Crippen molar-refractivity contribution >= 4 is 44.5 Å². The summed E-state index contributed by atoms with van der Waals surface area (Å²) in [6.45, 7) is 1.47. The van der Waals surface area contributed by atoms with Gasteiger partial charge in [0, 0.05) is 53.5 Å². The molecule has 0 amide bonds. The highest BCUT2D eigenvalue weighted by atomic mass is 35.5. The van der Waals surface area contributed by atoms with Crippen LogP contribution in [0.15, 0.2) is 105 Å². The first-order valence-corrected chi connectivity index (χ1v) is 15.7. The van der Waals surface area contributed by atoms with Gasteiger partial charge in [-0.25, -0.2) is 8.78 Å². The average Bonchev–Trinajstić information content (AvgIpc) is 3.85. The van der Waals surface area contributed by atoms with Crippen LogP contribution in [-0.2, 0) is 0 Å². The molecule has 46 heavy (non-hydrogen) atoms. The van der Waals surface area contributed by atoms with Gasteiger partial charge < -0.3 is 29.2 Å². The van der Waals surface area contributed by atoms with Crippen LogP contribution in [0.2, 0.25) is 0 Å². The normalized spacial score (nSPS) is 13.3. The lowest BCUT2D eigenvalue weighted by atomic mass is 9.98. The summed E-state index contributed by atoms with van der Waals surface area (Å²) in [6, 6.07) is 22.9. The van der Waals surface area contributed by atoms with Crippen LogP contribution in [0.25, 0.3) is 32.9 Å². The first-order valence-electron chi connectivity index (χ1n) is 15.2. The quantitative estimate of drug-likeness (QED) is 0.115. The number of rotatable bonds is 12. The summed E-state index contributed by atoms with van der Waals surface area (Å²) in [7, 11) is 5.45. The zero-order valence-electron chi connectivity index (χ0n) is 26.2. The van der Waals surface area contributed by atoms with Gasteiger partial charge in [-0.15, -0.1) is 11.6 Å². The predicted octanol–water partition coefficient (Wildman–Crippen LogP) is 8.68. The van der Waals surface area contributed by atoms with Gasteiger partial charge in [0.05, 0.1) is 31.4 Å². The van der Waals surface area contributed by atoms with E-state index in [9.17, 15) is 13.2 Å². The molecule has 0 fully saturated rings. The summed E-state index contributed by atoms with van der Waals surface area (Å²) in [4.78, 5) is 0. The lowest BCUT2D eigenvalue weighted by molar-refractivity contribution is 0.114. The number of likely N-dealkylation sites (N-methyl/N-ethyl adjacent to an activating group) is 3. The van der Waals surface area contributed by atoms with E-state index < -0.39 is 12.3 Å². The summed E-state index contributed by atoms with van der Waals surface area (Å²) in [5.74, 6) is 0.138. The van der Waals surface area contributed by atoms with Gasteiger partial charge in [-0.05, 0) is 92.4 Å². The Hall–Kier alpha value is -3.76. The molecule has 0 radical (unpaired) electrons. The molecule has 3 aromatic carbocycles. The SMILES string of the molecule is CNCC(CCl)c1ccc2occc2c1.CNCC(CF)c1ccc2occc2c1.CNCC(c1ccc2occc2c1)C(F)F. The van der Waals surface area contributed by atoms with Gasteiger partial charge in [0.25, 0.3) is 0 Å². The van der Waals surface area contributed by atoms with Crippen LogP contribution in [0.1, 0.15) is 34.4 Å². The van der Waals surface area contributed by atoms with E-state index in [-0.39, 0.29) is 19.1 Å². The van der Waals surface area contributed by atoms with E-state index in [1.165, 1.54) is 5.56 Å². The van der Waals surface area contributed by atoms with Crippen LogP contribution in [0.5, 0.6) is 0 Å². The second kappa shape index (κ2) is 17.8. The van der Waals surface area contributed by atoms with Crippen LogP contribution >= 0.6 is 11.6 Å². The summed E-state index contributed by atoms with van der Waals surface area (Å²) in [6.07, 6.45) is 2.56. The van der Waals surface area contributed by atoms with Crippen molar-refractivity contribution in [3.63, 3.8) is 0 Å². The molecule has 0 aliphatic heterocycles. The Kier molecular flexibility index (Phi) is 13.6. The molecule has 3 aromatic heterocycles. The molecule has 0 bridgehead atoms. The topological polar surface area (TPSA) is 75.5 Å². The lowest BCUT2D eigenvalue weighted by Gasteiger charge is -2.15. The fraction of sp³-hybridized carbons (Fsp3) is 0.333. The van der Waals surface area contributed by atoms with Crippen molar-refractivity contribution in [1.82, 2.24) is 16.0 Å². The highest BCUT2D eigenvalue weighted by Gasteiger charge is 2.22. The molecular formula is C36H41ClF3N3O3. The Balaban J connectivity index is 0.000000157. The van der Waals surface area contributed by atoms with Crippen molar-refractivity contribution in [2.24, 2.45) is 0 Å². The zero-order valence-corrected chi connectivity index (χ0v) is 27.0. The number of alkyl halides is 4. The number of fused-ring (bicyclic) bond motifs is 3. The minimum absolute atomic E-state index is 0.0747. The maximum atomic E-state index is 12.8. The third-order valence-corrected chi connectivity index (χ3v) is 8.17. The highest BCUT2D eigenvalue weighted by molar-refractivity contribution is 6.18. The molecule has 6 rings (SSSR count). The van der Waals surface area contributed by atoms with Gasteiger partial charge in [-0.3, -0.25) is 4.39 Å². The van der Waals surface area contributed by atoms with E-state index in [1.54, 1.807) is 50.1 Å². The molecule has 0 spiro atoms. The first-order chi connectivity index (χ1) is 22.4. The molecule has 246 valence electrons. The fourth-order valence-electron chi connectivity index (χ4n) is 5.28. The van der Waals surface area contributed by atoms with Gasteiger partial charge in [-0.1, -0.05) is 18.2 Å². The van der Waals surface area contributed by atoms with Crippen LogP contribution in [0.4, 0.5) is 13.2 Å². The minimum atomic E-state index is -2.36. The Labute approximate surface area is 272 Å². The van der Waals surface area contributed by atoms with E-state index in [0.29, 0.717) is 23.9 Å². The number of hydrogen-bond acceptors (Lipinski definition) is 6. The molecule has 0 aliphatic rings. The standard InChI is InChI=1S/C12H14ClNO.C12H13F2NO.C12H14FNO/c1-14-8-11(7-13)9-2-3-12-10(6-9)4-5-15-12;1-15-7-10(12(13)14)8-2-3-11-9(6-8)4-5-16-11;1-14-8-11(7-13)9-2-3-12-10(6-9)4-5-15-12/h2-6,11,14H,7-8H2,1H3;2-6,10,12,15H,7H2,1H3;2-6,11,14H,7-8H2,1H3. The fourth-order valence-corrected chi connectivity index (χ4v) is 5.57. The van der Waals surface area contributed by atoms with Crippen molar-refractivity contribution in [3.8, 4) is 0 Å². The Morgan fingerprint density at radius 3 is 1.41 bits per heavy atom. The van der Waals surface area contributed by atoms with Gasteiger partial charge in [0.2, 0.25) is 6.43 Å². The molecule has 3 unspecified atom stereocenters. The molecule has 3 atom stereocenters. The molecule has 0 saturated heterocycles. The Morgan fingerprint density at radius 1 is 0.587 bits per heavy atom. The molecule has 6 aromatic rings. The zero-order chi connectivity index (χ0) is 32.9. The molecule has 3 N–H and O–H groups in total. The molecule has 0 saturated carbocycles. The van der Waals surface area contributed by atoms with Gasteiger partial charge in [0.15, 0.2) is 0 Å². The molecule has 0 aliphatic carbocycles. The van der Waals surface area contributed by atoms with E-state index >= 15 is 0 Å². The average molecular weight is 656 g/mol. The van der Waals surface area contributed by atoms with Crippen LogP contribution in [0.3, 0.4) is 0 Å². The van der Waals surface area contributed by atoms with Crippen LogP contribution in [0, 0.1) is 0 Å². The number of nitrogens with one attached hydrogen (secondary N) is 3. The van der Waals surface area contributed by atoms with Crippen molar-refractivity contribution in [2.75, 3.05) is 53.3 Å². The van der Waals surface area contributed by atoms with Crippen molar-refractivity contribution in [2.45, 2.75) is 24.2 Å². The minimum Gasteiger partial charge on any atom is -0.464 e. The Bertz CT molecular complexity index is 1670. The number of benzene rings is 3. The van der Waals surface area contributed by atoms with E-state index in [2.05, 4.69) is 28.1 Å². The van der Waals surface area contributed by atoms with E-state index in [0.717, 1.165) is 45.0 Å². The smallest absolute Gasteiger partial charge is 0.246 e. The van der Waals surface area contributed by atoms with Gasteiger partial charge in [-0.2, -0.15) is 0 Å². The number of halogens is 4. The molecular weight excluding hydrogens is 615 g/mol. The summed E-state index contributed by atoms with van der Waals surface area (Å²) < 4.78 is 54.2. The second-order valence-corrected chi connectivity index (χ2v) is 11.3. The monoisotopic (exact) mass is 655 g/mol. The third-order valence-electron chi connectivity index (χ3n) is 7.80. The van der Waals surface area contributed by atoms with Crippen molar-refractivity contribution in [1.29, 1.82) is 0 Å². The molecule has 10 heteroatoms. The maximum Gasteiger partial charge on any atom is 0.246 e. The van der Waals surface area contributed by atoms with Crippen LogP contribution in [-0.4, -0.2) is 59.8 Å². The van der Waals surface area contributed by atoms with Crippen LogP contribution < -0.4 is 16.0 Å². The van der Waals surface area contributed by atoms with Gasteiger partial charge >= 0.3 is 0 Å². The predicted molar refractivity (Wildman–Crippen MR) is 181 cm³/mol. The van der Waals surface area contributed by atoms with E-state index in [1.807, 2.05) is 50.5 Å². The largest absolute Gasteiger partial charge is 0.464 e. The second-order valence-electron chi connectivity index (χ2n) is 11.0. The third kappa shape index (κ3) is 9.16. The summed E-state index contributed by atoms with van der Waals surface area (Å²) in [5, 5.41) is 12.0. The first kappa shape index (κ1) is 35.1. The summed E-state index contributed by atoms with van der Waals surface area (Å²) >= 11 is 5.94. The van der Waals surface area contributed by atoms with Crippen molar-refractivity contribution < 1.29 is 26.4 Å². The Morgan fingerprint density at radius 2 is 1.00 bits per heavy atom. The summed E-state index contributed by atoms with van der Waals surface area (Å²) in [5.41, 5.74) is 5.41. The number of furan rings is 3. The van der Waals surface area contributed by atoms with E-state index in [4.69, 9.17) is 24.9 Å². The highest BCUT2D eigenvalue weighted by Crippen LogP contribution is 2.27. The lowest BCUT2D eigenvalue weighted by Crippen LogP contribution is -2.22. The maximum absolute atomic E-state index is 12.8. The molecule has 3 heterocycles. The van der Waals surface area contributed by atoms with Crippen molar-refractivity contribution in [3.05, 3.63) is 108 Å². The number of hydrogen-bond donors (Lipinski definition) is 3. The molecule has 6 nitrogen and oxygen atoms in total. The van der Waals surface area contributed by atoms with Gasteiger partial charge in [0.1, 0.15) is 16.7 Å².